The Morgan fingerprint density at radius 1 is 1.16 bits per heavy atom. The maximum absolute atomic E-state index is 12.2. The summed E-state index contributed by atoms with van der Waals surface area (Å²) in [6.45, 7) is 6.65. The average molecular weight is 504 g/mol. The van der Waals surface area contributed by atoms with Crippen molar-refractivity contribution in [3.05, 3.63) is 76.8 Å². The first kappa shape index (κ1) is 26.1. The number of pyridine rings is 1. The molecule has 1 unspecified atom stereocenters. The zero-order valence-electron chi connectivity index (χ0n) is 21.8. The summed E-state index contributed by atoms with van der Waals surface area (Å²) in [4.78, 5) is 33.6. The molecule has 8 nitrogen and oxygen atoms in total. The number of aliphatic carboxylic acids is 1. The number of carbonyl (C=O) groups excluding carboxylic acids is 1. The number of carboxylic acids is 1. The molecule has 194 valence electrons. The number of aromatic nitrogens is 3. The number of benzene rings is 1. The zero-order valence-corrected chi connectivity index (χ0v) is 21.8. The van der Waals surface area contributed by atoms with Gasteiger partial charge in [0.05, 0.1) is 13.7 Å². The zero-order chi connectivity index (χ0) is 26.6. The van der Waals surface area contributed by atoms with E-state index in [1.165, 1.54) is 7.11 Å². The summed E-state index contributed by atoms with van der Waals surface area (Å²) in [6.07, 6.45) is 10.0. The number of imidazole rings is 1. The smallest absolute Gasteiger partial charge is 0.356 e. The van der Waals surface area contributed by atoms with Crippen molar-refractivity contribution in [2.75, 3.05) is 13.7 Å². The molecule has 2 aromatic heterocycles. The number of nitrogens with zero attached hydrogens (tertiary/aromatic N) is 3. The van der Waals surface area contributed by atoms with E-state index in [1.54, 1.807) is 18.2 Å². The maximum atomic E-state index is 12.2. The van der Waals surface area contributed by atoms with E-state index in [2.05, 4.69) is 18.0 Å². The second-order valence-electron chi connectivity index (χ2n) is 9.39. The molecule has 1 N–H and O–H groups in total. The molecule has 0 aliphatic heterocycles. The predicted molar refractivity (Wildman–Crippen MR) is 141 cm³/mol. The molecule has 2 heterocycles. The molecular weight excluding hydrogens is 470 g/mol. The van der Waals surface area contributed by atoms with Gasteiger partial charge in [0.2, 0.25) is 0 Å². The summed E-state index contributed by atoms with van der Waals surface area (Å²) in [6, 6.07) is 7.71. The van der Waals surface area contributed by atoms with Crippen molar-refractivity contribution < 1.29 is 24.2 Å². The number of hydrogen-bond donors (Lipinski definition) is 1. The summed E-state index contributed by atoms with van der Waals surface area (Å²) in [7, 11) is 1.34. The molecule has 1 aliphatic rings. The molecule has 37 heavy (non-hydrogen) atoms. The number of ether oxygens (including phenoxy) is 2. The molecule has 0 amide bonds. The molecule has 0 saturated carbocycles. The third-order valence-electron chi connectivity index (χ3n) is 6.72. The van der Waals surface area contributed by atoms with Crippen LogP contribution in [0, 0.1) is 12.3 Å². The Hall–Kier alpha value is -3.94. The lowest BCUT2D eigenvalue weighted by molar-refractivity contribution is -0.147. The van der Waals surface area contributed by atoms with Gasteiger partial charge in [-0.3, -0.25) is 4.79 Å². The highest BCUT2D eigenvalue weighted by molar-refractivity contribution is 5.90. The topological polar surface area (TPSA) is 104 Å². The van der Waals surface area contributed by atoms with Crippen molar-refractivity contribution in [3.8, 4) is 5.75 Å². The van der Waals surface area contributed by atoms with Crippen LogP contribution in [0.3, 0.4) is 0 Å². The molecule has 1 atom stereocenters. The van der Waals surface area contributed by atoms with Gasteiger partial charge in [0.15, 0.2) is 11.3 Å². The van der Waals surface area contributed by atoms with E-state index < -0.39 is 17.4 Å². The molecule has 0 radical (unpaired) electrons. The Bertz CT molecular complexity index is 1390. The Morgan fingerprint density at radius 2 is 1.97 bits per heavy atom. The summed E-state index contributed by atoms with van der Waals surface area (Å²) < 4.78 is 13.0. The lowest BCUT2D eigenvalue weighted by atomic mass is 9.82. The van der Waals surface area contributed by atoms with Crippen LogP contribution in [-0.4, -0.2) is 45.3 Å². The van der Waals surface area contributed by atoms with Gasteiger partial charge in [0, 0.05) is 6.42 Å². The van der Waals surface area contributed by atoms with E-state index >= 15 is 0 Å². The number of methoxy groups -OCH3 is 1. The minimum atomic E-state index is -1.07. The fraction of sp³-hybridized carbons (Fsp3) is 0.379. The molecule has 0 saturated heterocycles. The SMILES string of the molecule is CCCc1cc(Cn2c(CC)nc3c(C)cc(C(=O)OC)nc32)ccc1OCC1(C(=O)O)C=CC=CC1. The van der Waals surface area contributed by atoms with Gasteiger partial charge >= 0.3 is 11.9 Å². The maximum Gasteiger partial charge on any atom is 0.356 e. The number of aryl methyl sites for hydroxylation is 3. The number of allylic oxidation sites excluding steroid dienone is 3. The Labute approximate surface area is 216 Å². The highest BCUT2D eigenvalue weighted by Gasteiger charge is 2.37. The highest BCUT2D eigenvalue weighted by Crippen LogP contribution is 2.31. The molecule has 3 aromatic rings. The minimum absolute atomic E-state index is 0.0604. The second kappa shape index (κ2) is 11.0. The van der Waals surface area contributed by atoms with Crippen LogP contribution in [0.15, 0.2) is 48.6 Å². The molecule has 4 rings (SSSR count). The van der Waals surface area contributed by atoms with Gasteiger partial charge in [-0.1, -0.05) is 56.7 Å². The van der Waals surface area contributed by atoms with Crippen molar-refractivity contribution in [3.63, 3.8) is 0 Å². The largest absolute Gasteiger partial charge is 0.492 e. The molecule has 8 heteroatoms. The van der Waals surface area contributed by atoms with Gasteiger partial charge < -0.3 is 19.1 Å². The Balaban J connectivity index is 1.66. The number of hydrogen-bond acceptors (Lipinski definition) is 6. The van der Waals surface area contributed by atoms with Crippen molar-refractivity contribution in [2.45, 2.75) is 53.0 Å². The van der Waals surface area contributed by atoms with E-state index in [0.29, 0.717) is 30.8 Å². The standard InChI is InChI=1S/C29H33N3O5/c1-5-10-21-16-20(11-12-23(21)37-18-29(28(34)35)13-8-7-9-14-29)17-32-24(6-2)31-25-19(3)15-22(27(33)36-4)30-26(25)32/h7-9,11-13,15-16H,5-6,10,14,17-18H2,1-4H3,(H,34,35). The van der Waals surface area contributed by atoms with Crippen molar-refractivity contribution in [2.24, 2.45) is 5.41 Å². The lowest BCUT2D eigenvalue weighted by Crippen LogP contribution is -2.35. The molecule has 1 aliphatic carbocycles. The fourth-order valence-electron chi connectivity index (χ4n) is 4.65. The molecule has 0 spiro atoms. The molecule has 0 fully saturated rings. The van der Waals surface area contributed by atoms with Gasteiger partial charge in [0.25, 0.3) is 0 Å². The van der Waals surface area contributed by atoms with Gasteiger partial charge in [-0.25, -0.2) is 14.8 Å². The number of fused-ring (bicyclic) bond motifs is 1. The third-order valence-corrected chi connectivity index (χ3v) is 6.72. The summed E-state index contributed by atoms with van der Waals surface area (Å²) in [5.74, 6) is 0.202. The van der Waals surface area contributed by atoms with E-state index in [-0.39, 0.29) is 12.3 Å². The van der Waals surface area contributed by atoms with Gasteiger partial charge in [-0.15, -0.1) is 0 Å². The van der Waals surface area contributed by atoms with Crippen LogP contribution < -0.4 is 4.74 Å². The van der Waals surface area contributed by atoms with Crippen LogP contribution in [0.4, 0.5) is 0 Å². The number of carboxylic acid groups (broad SMARTS) is 1. The summed E-state index contributed by atoms with van der Waals surface area (Å²) in [5, 5.41) is 9.84. The third kappa shape index (κ3) is 5.28. The Kier molecular flexibility index (Phi) is 7.76. The van der Waals surface area contributed by atoms with Crippen LogP contribution in [0.1, 0.15) is 59.7 Å². The van der Waals surface area contributed by atoms with E-state index in [4.69, 9.17) is 14.5 Å². The van der Waals surface area contributed by atoms with Crippen molar-refractivity contribution >= 4 is 23.1 Å². The molecular formula is C29H33N3O5. The van der Waals surface area contributed by atoms with Crippen molar-refractivity contribution in [1.82, 2.24) is 14.5 Å². The average Bonchev–Trinajstić information content (AvgIpc) is 3.26. The molecule has 0 bridgehead atoms. The van der Waals surface area contributed by atoms with Gasteiger partial charge in [-0.2, -0.15) is 0 Å². The Morgan fingerprint density at radius 3 is 2.62 bits per heavy atom. The van der Waals surface area contributed by atoms with Crippen LogP contribution in [0.5, 0.6) is 5.75 Å². The van der Waals surface area contributed by atoms with Crippen molar-refractivity contribution in [1.29, 1.82) is 0 Å². The lowest BCUT2D eigenvalue weighted by Gasteiger charge is -2.27. The normalized spacial score (nSPS) is 16.8. The van der Waals surface area contributed by atoms with Gasteiger partial charge in [0.1, 0.15) is 29.1 Å². The number of rotatable bonds is 10. The summed E-state index contributed by atoms with van der Waals surface area (Å²) in [5.41, 5.74) is 3.54. The minimum Gasteiger partial charge on any atom is -0.492 e. The number of carbonyl (C=O) groups is 2. The van der Waals surface area contributed by atoms with E-state index in [9.17, 15) is 14.7 Å². The van der Waals surface area contributed by atoms with E-state index in [0.717, 1.165) is 40.9 Å². The first-order valence-electron chi connectivity index (χ1n) is 12.6. The van der Waals surface area contributed by atoms with Crippen LogP contribution in [-0.2, 0) is 28.9 Å². The predicted octanol–water partition coefficient (Wildman–Crippen LogP) is 5.06. The number of esters is 1. The van der Waals surface area contributed by atoms with Crippen LogP contribution >= 0.6 is 0 Å². The quantitative estimate of drug-likeness (QED) is 0.386. The molecule has 1 aromatic carbocycles. The van der Waals surface area contributed by atoms with Gasteiger partial charge in [-0.05, 0) is 48.6 Å². The van der Waals surface area contributed by atoms with Crippen LogP contribution in [0.25, 0.3) is 11.2 Å². The first-order chi connectivity index (χ1) is 17.8. The fourth-order valence-corrected chi connectivity index (χ4v) is 4.65. The monoisotopic (exact) mass is 503 g/mol. The summed E-state index contributed by atoms with van der Waals surface area (Å²) >= 11 is 0. The highest BCUT2D eigenvalue weighted by atomic mass is 16.5. The van der Waals surface area contributed by atoms with E-state index in [1.807, 2.05) is 42.7 Å². The first-order valence-corrected chi connectivity index (χ1v) is 12.6. The van der Waals surface area contributed by atoms with Crippen LogP contribution in [0.2, 0.25) is 0 Å². The second-order valence-corrected chi connectivity index (χ2v) is 9.39.